The fourth-order valence-corrected chi connectivity index (χ4v) is 3.32. The Labute approximate surface area is 117 Å². The van der Waals surface area contributed by atoms with Gasteiger partial charge in [0.1, 0.15) is 0 Å². The molecule has 1 aliphatic rings. The van der Waals surface area contributed by atoms with Crippen LogP contribution in [0, 0.1) is 5.92 Å². The van der Waals surface area contributed by atoms with E-state index in [1.54, 1.807) is 11.3 Å². The normalized spacial score (nSPS) is 18.2. The number of hydrogen-bond acceptors (Lipinski definition) is 2. The molecule has 1 atom stereocenters. The summed E-state index contributed by atoms with van der Waals surface area (Å²) in [5.41, 5.74) is 0. The zero-order valence-corrected chi connectivity index (χ0v) is 12.1. The van der Waals surface area contributed by atoms with Crippen LogP contribution < -0.4 is 0 Å². The van der Waals surface area contributed by atoms with Gasteiger partial charge in [0.15, 0.2) is 0 Å². The highest BCUT2D eigenvalue weighted by Gasteiger charge is 2.18. The van der Waals surface area contributed by atoms with Crippen molar-refractivity contribution in [3.63, 3.8) is 0 Å². The van der Waals surface area contributed by atoms with Gasteiger partial charge in [-0.1, -0.05) is 23.8 Å². The van der Waals surface area contributed by atoms with Gasteiger partial charge in [-0.3, -0.25) is 4.79 Å². The number of nitrogens with zero attached hydrogens (tertiary/aromatic N) is 1. The van der Waals surface area contributed by atoms with Crippen LogP contribution in [0.2, 0.25) is 4.34 Å². The second-order valence-corrected chi connectivity index (χ2v) is 6.38. The second kappa shape index (κ2) is 6.39. The van der Waals surface area contributed by atoms with E-state index < -0.39 is 0 Å². The van der Waals surface area contributed by atoms with E-state index in [0.717, 1.165) is 28.6 Å². The molecule has 2 nitrogen and oxygen atoms in total. The van der Waals surface area contributed by atoms with Gasteiger partial charge in [-0.2, -0.15) is 0 Å². The Morgan fingerprint density at radius 2 is 2.39 bits per heavy atom. The molecule has 1 amide bonds. The van der Waals surface area contributed by atoms with E-state index in [-0.39, 0.29) is 5.91 Å². The first-order valence-electron chi connectivity index (χ1n) is 6.37. The van der Waals surface area contributed by atoms with Crippen LogP contribution in [0.3, 0.4) is 0 Å². The number of hydrogen-bond donors (Lipinski definition) is 0. The van der Waals surface area contributed by atoms with E-state index in [9.17, 15) is 4.79 Å². The summed E-state index contributed by atoms with van der Waals surface area (Å²) in [5.74, 6) is 0.692. The monoisotopic (exact) mass is 283 g/mol. The second-order valence-electron chi connectivity index (χ2n) is 4.58. The lowest BCUT2D eigenvalue weighted by atomic mass is 10.0. The van der Waals surface area contributed by atoms with Crippen LogP contribution in [0.5, 0.6) is 0 Å². The van der Waals surface area contributed by atoms with E-state index in [1.807, 2.05) is 24.0 Å². The average molecular weight is 284 g/mol. The van der Waals surface area contributed by atoms with Crippen molar-refractivity contribution in [3.05, 3.63) is 33.5 Å². The standard InChI is InChI=1S/C14H18ClNOS/c1-2-16(10-12-7-8-13(15)18-12)14(17)9-11-5-3-4-6-11/h3,5,7-8,11H,2,4,6,9-10H2,1H3. The van der Waals surface area contributed by atoms with Crippen molar-refractivity contribution in [2.45, 2.75) is 32.7 Å². The average Bonchev–Trinajstić information content (AvgIpc) is 2.97. The number of rotatable bonds is 5. The number of carbonyl (C=O) groups excluding carboxylic acids is 1. The van der Waals surface area contributed by atoms with E-state index in [1.165, 1.54) is 0 Å². The lowest BCUT2D eigenvalue weighted by molar-refractivity contribution is -0.132. The molecule has 1 aromatic heterocycles. The molecule has 0 bridgehead atoms. The van der Waals surface area contributed by atoms with Crippen LogP contribution in [0.15, 0.2) is 24.3 Å². The van der Waals surface area contributed by atoms with Crippen molar-refractivity contribution in [1.82, 2.24) is 4.90 Å². The zero-order valence-electron chi connectivity index (χ0n) is 10.6. The van der Waals surface area contributed by atoms with Crippen LogP contribution in [-0.4, -0.2) is 17.4 Å². The van der Waals surface area contributed by atoms with Gasteiger partial charge in [-0.15, -0.1) is 11.3 Å². The van der Waals surface area contributed by atoms with Crippen molar-refractivity contribution in [1.29, 1.82) is 0 Å². The molecule has 0 aromatic carbocycles. The predicted octanol–water partition coefficient (Wildman–Crippen LogP) is 4.11. The van der Waals surface area contributed by atoms with Crippen molar-refractivity contribution in [2.75, 3.05) is 6.54 Å². The third-order valence-electron chi connectivity index (χ3n) is 3.26. The van der Waals surface area contributed by atoms with Gasteiger partial charge in [0.25, 0.3) is 0 Å². The Hall–Kier alpha value is -0.800. The fraction of sp³-hybridized carbons (Fsp3) is 0.500. The van der Waals surface area contributed by atoms with Crippen molar-refractivity contribution >= 4 is 28.8 Å². The first kappa shape index (κ1) is 13.6. The maximum absolute atomic E-state index is 12.2. The zero-order chi connectivity index (χ0) is 13.0. The third kappa shape index (κ3) is 3.59. The Balaban J connectivity index is 1.91. The van der Waals surface area contributed by atoms with Gasteiger partial charge in [-0.25, -0.2) is 0 Å². The molecule has 0 N–H and O–H groups in total. The number of allylic oxidation sites excluding steroid dienone is 2. The summed E-state index contributed by atoms with van der Waals surface area (Å²) in [6.07, 6.45) is 7.23. The summed E-state index contributed by atoms with van der Waals surface area (Å²) in [5, 5.41) is 0. The first-order valence-corrected chi connectivity index (χ1v) is 7.57. The molecular formula is C14H18ClNOS. The maximum Gasteiger partial charge on any atom is 0.223 e. The highest BCUT2D eigenvalue weighted by atomic mass is 35.5. The van der Waals surface area contributed by atoms with E-state index >= 15 is 0 Å². The molecule has 18 heavy (non-hydrogen) atoms. The van der Waals surface area contributed by atoms with Gasteiger partial charge in [-0.05, 0) is 37.8 Å². The molecule has 98 valence electrons. The first-order chi connectivity index (χ1) is 8.69. The molecule has 2 rings (SSSR count). The molecule has 1 unspecified atom stereocenters. The largest absolute Gasteiger partial charge is 0.338 e. The Bertz CT molecular complexity index is 441. The highest BCUT2D eigenvalue weighted by Crippen LogP contribution is 2.24. The molecule has 4 heteroatoms. The SMILES string of the molecule is CCN(Cc1ccc(Cl)s1)C(=O)CC1C=CCC1. The number of thiophene rings is 1. The van der Waals surface area contributed by atoms with Crippen LogP contribution >= 0.6 is 22.9 Å². The molecule has 0 saturated carbocycles. The van der Waals surface area contributed by atoms with Gasteiger partial charge in [0.2, 0.25) is 5.91 Å². The maximum atomic E-state index is 12.2. The number of halogens is 1. The fourth-order valence-electron chi connectivity index (χ4n) is 2.22. The summed E-state index contributed by atoms with van der Waals surface area (Å²) in [7, 11) is 0. The van der Waals surface area contributed by atoms with Gasteiger partial charge in [0, 0.05) is 17.8 Å². The molecule has 1 aliphatic carbocycles. The molecule has 0 saturated heterocycles. The van der Waals surface area contributed by atoms with Crippen molar-refractivity contribution in [3.8, 4) is 0 Å². The lowest BCUT2D eigenvalue weighted by Crippen LogP contribution is -2.31. The summed E-state index contributed by atoms with van der Waals surface area (Å²) in [6.45, 7) is 3.46. The van der Waals surface area contributed by atoms with Gasteiger partial charge >= 0.3 is 0 Å². The lowest BCUT2D eigenvalue weighted by Gasteiger charge is -2.21. The Morgan fingerprint density at radius 1 is 1.56 bits per heavy atom. The summed E-state index contributed by atoms with van der Waals surface area (Å²) >= 11 is 7.46. The summed E-state index contributed by atoms with van der Waals surface area (Å²) in [4.78, 5) is 15.3. The molecular weight excluding hydrogens is 266 g/mol. The molecule has 0 spiro atoms. The quantitative estimate of drug-likeness (QED) is 0.745. The minimum Gasteiger partial charge on any atom is -0.338 e. The third-order valence-corrected chi connectivity index (χ3v) is 4.48. The number of amides is 1. The van der Waals surface area contributed by atoms with Crippen molar-refractivity contribution in [2.24, 2.45) is 5.92 Å². The van der Waals surface area contributed by atoms with E-state index in [4.69, 9.17) is 11.6 Å². The van der Waals surface area contributed by atoms with Crippen molar-refractivity contribution < 1.29 is 4.79 Å². The van der Waals surface area contributed by atoms with Crippen LogP contribution in [0.25, 0.3) is 0 Å². The van der Waals surface area contributed by atoms with Gasteiger partial charge in [0.05, 0.1) is 10.9 Å². The minimum absolute atomic E-state index is 0.249. The van der Waals surface area contributed by atoms with Crippen LogP contribution in [0.1, 0.15) is 31.1 Å². The van der Waals surface area contributed by atoms with E-state index in [2.05, 4.69) is 12.2 Å². The topological polar surface area (TPSA) is 20.3 Å². The number of carbonyl (C=O) groups is 1. The predicted molar refractivity (Wildman–Crippen MR) is 76.9 cm³/mol. The van der Waals surface area contributed by atoms with Crippen LogP contribution in [-0.2, 0) is 11.3 Å². The molecule has 0 fully saturated rings. The molecule has 1 aromatic rings. The molecule has 0 radical (unpaired) electrons. The van der Waals surface area contributed by atoms with Crippen LogP contribution in [0.4, 0.5) is 0 Å². The summed E-state index contributed by atoms with van der Waals surface area (Å²) in [6, 6.07) is 3.89. The van der Waals surface area contributed by atoms with E-state index in [0.29, 0.717) is 18.9 Å². The van der Waals surface area contributed by atoms with Gasteiger partial charge < -0.3 is 4.90 Å². The molecule has 1 heterocycles. The highest BCUT2D eigenvalue weighted by molar-refractivity contribution is 7.16. The Morgan fingerprint density at radius 3 is 2.94 bits per heavy atom. The Kier molecular flexibility index (Phi) is 4.84. The smallest absolute Gasteiger partial charge is 0.223 e. The minimum atomic E-state index is 0.249. The molecule has 0 aliphatic heterocycles. The summed E-state index contributed by atoms with van der Waals surface area (Å²) < 4.78 is 0.784.